The van der Waals surface area contributed by atoms with Gasteiger partial charge < -0.3 is 19.9 Å². The van der Waals surface area contributed by atoms with Gasteiger partial charge in [-0.1, -0.05) is 6.92 Å². The minimum Gasteiger partial charge on any atom is -0.497 e. The number of ether oxygens (including phenoxy) is 2. The van der Waals surface area contributed by atoms with Gasteiger partial charge in [0.05, 0.1) is 25.3 Å². The molecule has 1 heterocycles. The minimum atomic E-state index is -1.05. The molecule has 128 valence electrons. The number of benzene rings is 1. The Morgan fingerprint density at radius 2 is 1.96 bits per heavy atom. The number of carboxylic acid groups (broad SMARTS) is 1. The van der Waals surface area contributed by atoms with Crippen molar-refractivity contribution in [1.29, 1.82) is 0 Å². The SMILES string of the molecule is CCc1c(C)sc(NC(=O)c2ccc(OC)cc2OC)c1C(=O)O. The molecular weight excluding hydrogens is 330 g/mol. The molecule has 2 aromatic rings. The summed E-state index contributed by atoms with van der Waals surface area (Å²) < 4.78 is 10.3. The van der Waals surface area contributed by atoms with Crippen molar-refractivity contribution in [2.75, 3.05) is 19.5 Å². The van der Waals surface area contributed by atoms with E-state index in [0.717, 1.165) is 10.4 Å². The summed E-state index contributed by atoms with van der Waals surface area (Å²) in [6.07, 6.45) is 0.589. The van der Waals surface area contributed by atoms with Crippen LogP contribution in [0.2, 0.25) is 0 Å². The van der Waals surface area contributed by atoms with E-state index in [1.165, 1.54) is 25.6 Å². The third-order valence-corrected chi connectivity index (χ3v) is 4.72. The van der Waals surface area contributed by atoms with Crippen molar-refractivity contribution in [2.24, 2.45) is 0 Å². The zero-order valence-electron chi connectivity index (χ0n) is 13.9. The standard InChI is InChI=1S/C17H19NO5S/c1-5-11-9(2)24-16(14(11)17(20)21)18-15(19)12-7-6-10(22-3)8-13(12)23-4/h6-8H,5H2,1-4H3,(H,18,19)(H,20,21). The summed E-state index contributed by atoms with van der Waals surface area (Å²) in [5.74, 6) is -0.559. The van der Waals surface area contributed by atoms with Crippen LogP contribution < -0.4 is 14.8 Å². The van der Waals surface area contributed by atoms with Crippen LogP contribution in [-0.4, -0.2) is 31.2 Å². The quantitative estimate of drug-likeness (QED) is 0.832. The molecule has 1 amide bonds. The largest absolute Gasteiger partial charge is 0.497 e. The predicted molar refractivity (Wildman–Crippen MR) is 92.9 cm³/mol. The Morgan fingerprint density at radius 3 is 2.50 bits per heavy atom. The zero-order valence-corrected chi connectivity index (χ0v) is 14.7. The van der Waals surface area contributed by atoms with Gasteiger partial charge in [-0.05, 0) is 31.0 Å². The van der Waals surface area contributed by atoms with E-state index in [1.807, 2.05) is 13.8 Å². The molecule has 7 heteroatoms. The summed E-state index contributed by atoms with van der Waals surface area (Å²) in [4.78, 5) is 25.0. The second kappa shape index (κ2) is 7.35. The lowest BCUT2D eigenvalue weighted by atomic mass is 10.1. The van der Waals surface area contributed by atoms with Crippen LogP contribution in [0.1, 0.15) is 38.1 Å². The molecule has 0 unspecified atom stereocenters. The number of hydrogen-bond donors (Lipinski definition) is 2. The number of carbonyl (C=O) groups is 2. The van der Waals surface area contributed by atoms with Gasteiger partial charge >= 0.3 is 5.97 Å². The summed E-state index contributed by atoms with van der Waals surface area (Å²) in [6, 6.07) is 4.82. The van der Waals surface area contributed by atoms with Crippen molar-refractivity contribution >= 4 is 28.2 Å². The third kappa shape index (κ3) is 3.35. The van der Waals surface area contributed by atoms with Crippen LogP contribution in [0.3, 0.4) is 0 Å². The first-order valence-corrected chi connectivity index (χ1v) is 8.13. The molecule has 0 saturated carbocycles. The van der Waals surface area contributed by atoms with E-state index < -0.39 is 11.9 Å². The van der Waals surface area contributed by atoms with Gasteiger partial charge in [-0.25, -0.2) is 4.79 Å². The molecule has 1 aromatic heterocycles. The smallest absolute Gasteiger partial charge is 0.339 e. The van der Waals surface area contributed by atoms with Crippen LogP contribution in [0.25, 0.3) is 0 Å². The Labute approximate surface area is 144 Å². The van der Waals surface area contributed by atoms with E-state index in [-0.39, 0.29) is 5.56 Å². The highest BCUT2D eigenvalue weighted by atomic mass is 32.1. The summed E-state index contributed by atoms with van der Waals surface area (Å²) in [6.45, 7) is 3.74. The molecule has 0 atom stereocenters. The van der Waals surface area contributed by atoms with E-state index in [4.69, 9.17) is 9.47 Å². The Balaban J connectivity index is 2.39. The van der Waals surface area contributed by atoms with Crippen LogP contribution in [0.5, 0.6) is 11.5 Å². The lowest BCUT2D eigenvalue weighted by molar-refractivity contribution is 0.0697. The fourth-order valence-electron chi connectivity index (χ4n) is 2.48. The van der Waals surface area contributed by atoms with Gasteiger partial charge in [-0.3, -0.25) is 4.79 Å². The van der Waals surface area contributed by atoms with Crippen molar-refractivity contribution in [3.8, 4) is 11.5 Å². The maximum atomic E-state index is 12.6. The van der Waals surface area contributed by atoms with Crippen LogP contribution in [0.4, 0.5) is 5.00 Å². The number of hydrogen-bond acceptors (Lipinski definition) is 5. The van der Waals surface area contributed by atoms with Gasteiger partial charge in [0.2, 0.25) is 0 Å². The van der Waals surface area contributed by atoms with Gasteiger partial charge in [0.1, 0.15) is 16.5 Å². The summed E-state index contributed by atoms with van der Waals surface area (Å²) >= 11 is 1.26. The highest BCUT2D eigenvalue weighted by Gasteiger charge is 2.23. The van der Waals surface area contributed by atoms with Gasteiger partial charge in [-0.2, -0.15) is 0 Å². The van der Waals surface area contributed by atoms with Crippen LogP contribution in [-0.2, 0) is 6.42 Å². The predicted octanol–water partition coefficient (Wildman–Crippen LogP) is 3.59. The number of amides is 1. The molecule has 2 N–H and O–H groups in total. The van der Waals surface area contributed by atoms with Gasteiger partial charge in [-0.15, -0.1) is 11.3 Å². The molecule has 0 fully saturated rings. The van der Waals surface area contributed by atoms with Crippen molar-refractivity contribution in [1.82, 2.24) is 0 Å². The van der Waals surface area contributed by atoms with Gasteiger partial charge in [0.15, 0.2) is 0 Å². The molecule has 0 aliphatic rings. The van der Waals surface area contributed by atoms with Crippen LogP contribution >= 0.6 is 11.3 Å². The average molecular weight is 349 g/mol. The molecule has 0 aliphatic heterocycles. The molecular formula is C17H19NO5S. The maximum absolute atomic E-state index is 12.6. The second-order valence-corrected chi connectivity index (χ2v) is 6.24. The number of nitrogens with one attached hydrogen (secondary N) is 1. The van der Waals surface area contributed by atoms with Crippen LogP contribution in [0.15, 0.2) is 18.2 Å². The maximum Gasteiger partial charge on any atom is 0.339 e. The Kier molecular flexibility index (Phi) is 5.46. The van der Waals surface area contributed by atoms with Crippen LogP contribution in [0, 0.1) is 6.92 Å². The normalized spacial score (nSPS) is 10.3. The van der Waals surface area contributed by atoms with E-state index in [9.17, 15) is 14.7 Å². The number of aryl methyl sites for hydroxylation is 1. The monoisotopic (exact) mass is 349 g/mol. The van der Waals surface area contributed by atoms with Crippen molar-refractivity contribution in [3.63, 3.8) is 0 Å². The summed E-state index contributed by atoms with van der Waals surface area (Å²) in [5.41, 5.74) is 1.20. The highest BCUT2D eigenvalue weighted by Crippen LogP contribution is 2.34. The first kappa shape index (κ1) is 17.8. The molecule has 24 heavy (non-hydrogen) atoms. The van der Waals surface area contributed by atoms with E-state index in [0.29, 0.717) is 28.5 Å². The van der Waals surface area contributed by atoms with Crippen molar-refractivity contribution in [2.45, 2.75) is 20.3 Å². The Hall–Kier alpha value is -2.54. The highest BCUT2D eigenvalue weighted by molar-refractivity contribution is 7.16. The molecule has 6 nitrogen and oxygen atoms in total. The minimum absolute atomic E-state index is 0.154. The molecule has 0 radical (unpaired) electrons. The number of thiophene rings is 1. The van der Waals surface area contributed by atoms with Crippen molar-refractivity contribution < 1.29 is 24.2 Å². The number of aromatic carboxylic acids is 1. The summed E-state index contributed by atoms with van der Waals surface area (Å²) in [5, 5.41) is 12.5. The topological polar surface area (TPSA) is 84.9 Å². The molecule has 2 rings (SSSR count). The Bertz CT molecular complexity index is 782. The first-order valence-electron chi connectivity index (χ1n) is 7.31. The summed E-state index contributed by atoms with van der Waals surface area (Å²) in [7, 11) is 2.98. The first-order chi connectivity index (χ1) is 11.4. The van der Waals surface area contributed by atoms with E-state index in [2.05, 4.69) is 5.32 Å². The molecule has 1 aromatic carbocycles. The molecule has 0 spiro atoms. The van der Waals surface area contributed by atoms with Gasteiger partial charge in [0, 0.05) is 10.9 Å². The number of carboxylic acids is 1. The lowest BCUT2D eigenvalue weighted by Crippen LogP contribution is -2.15. The fourth-order valence-corrected chi connectivity index (χ4v) is 3.61. The Morgan fingerprint density at radius 1 is 1.25 bits per heavy atom. The number of methoxy groups -OCH3 is 2. The molecule has 0 saturated heterocycles. The molecule has 0 aliphatic carbocycles. The van der Waals surface area contributed by atoms with E-state index >= 15 is 0 Å². The van der Waals surface area contributed by atoms with Crippen molar-refractivity contribution in [3.05, 3.63) is 39.8 Å². The number of carbonyl (C=O) groups excluding carboxylic acids is 1. The lowest BCUT2D eigenvalue weighted by Gasteiger charge is -2.10. The molecule has 0 bridgehead atoms. The second-order valence-electron chi connectivity index (χ2n) is 5.02. The number of anilines is 1. The zero-order chi connectivity index (χ0) is 17.9. The fraction of sp³-hybridized carbons (Fsp3) is 0.294. The third-order valence-electron chi connectivity index (χ3n) is 3.66. The number of rotatable bonds is 6. The average Bonchev–Trinajstić information content (AvgIpc) is 2.89. The van der Waals surface area contributed by atoms with E-state index in [1.54, 1.807) is 18.2 Å². The van der Waals surface area contributed by atoms with Gasteiger partial charge in [0.25, 0.3) is 5.91 Å².